The Hall–Kier alpha value is -3.16. The van der Waals surface area contributed by atoms with Crippen molar-refractivity contribution in [3.8, 4) is 0 Å². The molecule has 8 heteroatoms. The van der Waals surface area contributed by atoms with Gasteiger partial charge in [0.25, 0.3) is 5.91 Å². The van der Waals surface area contributed by atoms with Gasteiger partial charge in [0.1, 0.15) is 11.2 Å². The summed E-state index contributed by atoms with van der Waals surface area (Å²) in [5.41, 5.74) is -1.04. The number of amides is 3. The number of hydrogen-bond acceptors (Lipinski definition) is 4. The first kappa shape index (κ1) is 19.6. The molecule has 1 N–H and O–H groups in total. The van der Waals surface area contributed by atoms with Gasteiger partial charge in [0, 0.05) is 31.9 Å². The number of carbonyl (C=O) groups is 3. The van der Waals surface area contributed by atoms with Crippen LogP contribution in [-0.4, -0.2) is 53.7 Å². The van der Waals surface area contributed by atoms with E-state index >= 15 is 0 Å². The summed E-state index contributed by atoms with van der Waals surface area (Å²) in [6.07, 6.45) is 1.44. The average Bonchev–Trinajstić information content (AvgIpc) is 3.21. The second-order valence-electron chi connectivity index (χ2n) is 7.15. The molecule has 1 fully saturated rings. The van der Waals surface area contributed by atoms with Crippen LogP contribution in [0.2, 0.25) is 0 Å². The fraction of sp³-hybridized carbons (Fsp3) is 0.350. The number of anilines is 1. The molecule has 1 aliphatic heterocycles. The molecule has 0 aliphatic carbocycles. The third kappa shape index (κ3) is 4.05. The Labute approximate surface area is 162 Å². The van der Waals surface area contributed by atoms with Gasteiger partial charge in [-0.05, 0) is 44.2 Å². The number of carbonyl (C=O) groups excluding carboxylic acids is 3. The Balaban J connectivity index is 1.60. The molecule has 0 radical (unpaired) electrons. The molecule has 1 aliphatic rings. The number of furan rings is 1. The predicted molar refractivity (Wildman–Crippen MR) is 100 cm³/mol. The number of rotatable bonds is 4. The molecule has 0 unspecified atom stereocenters. The molecular formula is C20H22FN3O4. The standard InChI is InChI=1S/C20H22FN3O4/c1-20(2,18(26)22-15-6-3-5-14(21)13-15)19(27)24-10-8-23(9-11-24)17(25)16-7-4-12-28-16/h3-7,12-13H,8-11H2,1-2H3,(H,22,26). The zero-order chi connectivity index (χ0) is 20.3. The Kier molecular flexibility index (Phi) is 5.48. The molecule has 3 rings (SSSR count). The van der Waals surface area contributed by atoms with Gasteiger partial charge in [0.05, 0.1) is 6.26 Å². The van der Waals surface area contributed by atoms with Crippen molar-refractivity contribution in [1.29, 1.82) is 0 Å². The molecule has 1 aromatic carbocycles. The molecule has 7 nitrogen and oxygen atoms in total. The Bertz CT molecular complexity index is 871. The summed E-state index contributed by atoms with van der Waals surface area (Å²) in [7, 11) is 0. The number of halogens is 1. The number of nitrogens with zero attached hydrogens (tertiary/aromatic N) is 2. The van der Waals surface area contributed by atoms with Crippen LogP contribution in [0.3, 0.4) is 0 Å². The summed E-state index contributed by atoms with van der Waals surface area (Å²) in [4.78, 5) is 41.0. The minimum Gasteiger partial charge on any atom is -0.459 e. The Morgan fingerprint density at radius 2 is 1.71 bits per heavy atom. The SMILES string of the molecule is CC(C)(C(=O)Nc1cccc(F)c1)C(=O)N1CCN(C(=O)c2ccco2)CC1. The van der Waals surface area contributed by atoms with E-state index in [0.29, 0.717) is 31.9 Å². The molecule has 148 valence electrons. The third-order valence-corrected chi connectivity index (χ3v) is 4.77. The van der Waals surface area contributed by atoms with Crippen molar-refractivity contribution in [2.75, 3.05) is 31.5 Å². The summed E-state index contributed by atoms with van der Waals surface area (Å²) in [6.45, 7) is 4.42. The second kappa shape index (κ2) is 7.84. The lowest BCUT2D eigenvalue weighted by atomic mass is 9.89. The number of hydrogen-bond donors (Lipinski definition) is 1. The molecule has 0 spiro atoms. The van der Waals surface area contributed by atoms with E-state index in [1.54, 1.807) is 28.0 Å². The molecule has 1 saturated heterocycles. The van der Waals surface area contributed by atoms with Gasteiger partial charge in [0.15, 0.2) is 5.76 Å². The fourth-order valence-corrected chi connectivity index (χ4v) is 3.01. The number of benzene rings is 1. The van der Waals surface area contributed by atoms with E-state index in [1.807, 2.05) is 0 Å². The molecule has 0 bridgehead atoms. The van der Waals surface area contributed by atoms with Crippen molar-refractivity contribution >= 4 is 23.4 Å². The van der Waals surface area contributed by atoms with Gasteiger partial charge in [-0.25, -0.2) is 4.39 Å². The smallest absolute Gasteiger partial charge is 0.289 e. The Morgan fingerprint density at radius 3 is 2.32 bits per heavy atom. The topological polar surface area (TPSA) is 82.9 Å². The molecule has 1 aromatic heterocycles. The fourth-order valence-electron chi connectivity index (χ4n) is 3.01. The van der Waals surface area contributed by atoms with Gasteiger partial charge in [-0.15, -0.1) is 0 Å². The van der Waals surface area contributed by atoms with E-state index < -0.39 is 17.1 Å². The first-order valence-electron chi connectivity index (χ1n) is 8.98. The molecular weight excluding hydrogens is 365 g/mol. The normalized spacial score (nSPS) is 14.7. The summed E-state index contributed by atoms with van der Waals surface area (Å²) >= 11 is 0. The largest absolute Gasteiger partial charge is 0.459 e. The van der Waals surface area contributed by atoms with Crippen molar-refractivity contribution < 1.29 is 23.2 Å². The second-order valence-corrected chi connectivity index (χ2v) is 7.15. The molecule has 3 amide bonds. The first-order chi connectivity index (χ1) is 13.3. The maximum Gasteiger partial charge on any atom is 0.289 e. The van der Waals surface area contributed by atoms with Crippen LogP contribution in [-0.2, 0) is 9.59 Å². The predicted octanol–water partition coefficient (Wildman–Crippen LogP) is 2.37. The number of piperazine rings is 1. The highest BCUT2D eigenvalue weighted by molar-refractivity contribution is 6.09. The van der Waals surface area contributed by atoms with Crippen molar-refractivity contribution in [2.24, 2.45) is 5.41 Å². The summed E-state index contributed by atoms with van der Waals surface area (Å²) < 4.78 is 18.4. The van der Waals surface area contributed by atoms with E-state index in [-0.39, 0.29) is 17.6 Å². The van der Waals surface area contributed by atoms with Gasteiger partial charge < -0.3 is 19.5 Å². The quantitative estimate of drug-likeness (QED) is 0.817. The van der Waals surface area contributed by atoms with Gasteiger partial charge in [-0.1, -0.05) is 6.07 Å². The lowest BCUT2D eigenvalue weighted by molar-refractivity contribution is -0.147. The van der Waals surface area contributed by atoms with Crippen LogP contribution in [0.15, 0.2) is 47.1 Å². The average molecular weight is 387 g/mol. The monoisotopic (exact) mass is 387 g/mol. The molecule has 2 heterocycles. The van der Waals surface area contributed by atoms with E-state index in [9.17, 15) is 18.8 Å². The minimum absolute atomic E-state index is 0.222. The van der Waals surface area contributed by atoms with Crippen molar-refractivity contribution in [3.05, 3.63) is 54.2 Å². The van der Waals surface area contributed by atoms with Crippen molar-refractivity contribution in [2.45, 2.75) is 13.8 Å². The van der Waals surface area contributed by atoms with Gasteiger partial charge >= 0.3 is 0 Å². The van der Waals surface area contributed by atoms with E-state index in [1.165, 1.54) is 38.3 Å². The molecule has 2 aromatic rings. The van der Waals surface area contributed by atoms with Crippen LogP contribution >= 0.6 is 0 Å². The molecule has 0 atom stereocenters. The first-order valence-corrected chi connectivity index (χ1v) is 8.98. The van der Waals surface area contributed by atoms with Crippen LogP contribution in [0, 0.1) is 11.2 Å². The molecule has 28 heavy (non-hydrogen) atoms. The van der Waals surface area contributed by atoms with Crippen molar-refractivity contribution in [1.82, 2.24) is 9.80 Å². The maximum atomic E-state index is 13.3. The zero-order valence-electron chi connectivity index (χ0n) is 15.8. The van der Waals surface area contributed by atoms with Crippen LogP contribution in [0.5, 0.6) is 0 Å². The van der Waals surface area contributed by atoms with Gasteiger partial charge in [-0.2, -0.15) is 0 Å². The zero-order valence-corrected chi connectivity index (χ0v) is 15.8. The van der Waals surface area contributed by atoms with E-state index in [2.05, 4.69) is 5.32 Å². The maximum absolute atomic E-state index is 13.3. The lowest BCUT2D eigenvalue weighted by Crippen LogP contribution is -2.55. The van der Waals surface area contributed by atoms with Crippen LogP contribution in [0.25, 0.3) is 0 Å². The third-order valence-electron chi connectivity index (χ3n) is 4.77. The van der Waals surface area contributed by atoms with Crippen LogP contribution in [0.1, 0.15) is 24.4 Å². The summed E-state index contributed by atoms with van der Waals surface area (Å²) in [5, 5.41) is 2.59. The van der Waals surface area contributed by atoms with E-state index in [4.69, 9.17) is 4.42 Å². The number of nitrogens with one attached hydrogen (secondary N) is 1. The minimum atomic E-state index is -1.33. The highest BCUT2D eigenvalue weighted by atomic mass is 19.1. The van der Waals surface area contributed by atoms with Gasteiger partial charge in [0.2, 0.25) is 11.8 Å². The highest BCUT2D eigenvalue weighted by Crippen LogP contribution is 2.23. The van der Waals surface area contributed by atoms with Crippen LogP contribution < -0.4 is 5.32 Å². The van der Waals surface area contributed by atoms with E-state index in [0.717, 1.165) is 0 Å². The highest BCUT2D eigenvalue weighted by Gasteiger charge is 2.40. The summed E-state index contributed by atoms with van der Waals surface area (Å²) in [6, 6.07) is 8.75. The van der Waals surface area contributed by atoms with Crippen molar-refractivity contribution in [3.63, 3.8) is 0 Å². The summed E-state index contributed by atoms with van der Waals surface area (Å²) in [5.74, 6) is -1.29. The Morgan fingerprint density at radius 1 is 1.04 bits per heavy atom. The van der Waals surface area contributed by atoms with Crippen LogP contribution in [0.4, 0.5) is 10.1 Å². The molecule has 0 saturated carbocycles. The lowest BCUT2D eigenvalue weighted by Gasteiger charge is -2.37. The van der Waals surface area contributed by atoms with Gasteiger partial charge in [-0.3, -0.25) is 14.4 Å².